The van der Waals surface area contributed by atoms with E-state index < -0.39 is 5.60 Å². The van der Waals surface area contributed by atoms with Crippen LogP contribution in [0.5, 0.6) is 5.88 Å². The predicted octanol–water partition coefficient (Wildman–Crippen LogP) is 1.58. The van der Waals surface area contributed by atoms with Crippen LogP contribution in [-0.4, -0.2) is 29.3 Å². The van der Waals surface area contributed by atoms with Gasteiger partial charge in [-0.25, -0.2) is 4.98 Å². The topological polar surface area (TPSA) is 54.4 Å². The van der Waals surface area contributed by atoms with Gasteiger partial charge in [0, 0.05) is 29.9 Å². The van der Waals surface area contributed by atoms with E-state index in [4.69, 9.17) is 4.74 Å². The zero-order valence-corrected chi connectivity index (χ0v) is 10.7. The maximum absolute atomic E-state index is 10.9. The van der Waals surface area contributed by atoms with Gasteiger partial charge in [0.1, 0.15) is 0 Å². The quantitative estimate of drug-likeness (QED) is 0.834. The highest BCUT2D eigenvalue weighted by Gasteiger charge is 2.41. The van der Waals surface area contributed by atoms with Crippen LogP contribution in [0, 0.1) is 0 Å². The molecule has 2 bridgehead atoms. The molecule has 98 valence electrons. The maximum atomic E-state index is 10.9. The highest BCUT2D eigenvalue weighted by molar-refractivity contribution is 5.25. The lowest BCUT2D eigenvalue weighted by Crippen LogP contribution is -2.54. The Labute approximate surface area is 107 Å². The first-order chi connectivity index (χ1) is 8.69. The summed E-state index contributed by atoms with van der Waals surface area (Å²) in [5.74, 6) is 0.594. The van der Waals surface area contributed by atoms with Gasteiger partial charge in [-0.3, -0.25) is 0 Å². The minimum atomic E-state index is -0.722. The van der Waals surface area contributed by atoms with Gasteiger partial charge in [0.25, 0.3) is 0 Å². The molecule has 2 saturated heterocycles. The highest BCUT2D eigenvalue weighted by atomic mass is 16.5. The summed E-state index contributed by atoms with van der Waals surface area (Å²) in [4.78, 5) is 4.21. The molecule has 1 aromatic rings. The van der Waals surface area contributed by atoms with Gasteiger partial charge in [-0.1, -0.05) is 6.42 Å². The molecule has 0 spiro atoms. The van der Waals surface area contributed by atoms with E-state index in [1.54, 1.807) is 13.3 Å². The fraction of sp³-hybridized carbons (Fsp3) is 0.643. The summed E-state index contributed by atoms with van der Waals surface area (Å²) in [6.07, 6.45) is 6.94. The van der Waals surface area contributed by atoms with Gasteiger partial charge in [0.2, 0.25) is 5.88 Å². The minimum Gasteiger partial charge on any atom is -0.481 e. The van der Waals surface area contributed by atoms with Crippen LogP contribution in [0.25, 0.3) is 0 Å². The summed E-state index contributed by atoms with van der Waals surface area (Å²) in [5.41, 5.74) is 0.196. The Morgan fingerprint density at radius 1 is 1.33 bits per heavy atom. The van der Waals surface area contributed by atoms with E-state index in [1.807, 2.05) is 12.1 Å². The molecule has 0 saturated carbocycles. The number of piperidine rings is 2. The van der Waals surface area contributed by atoms with Crippen molar-refractivity contribution in [2.75, 3.05) is 7.11 Å². The van der Waals surface area contributed by atoms with Gasteiger partial charge in [-0.15, -0.1) is 0 Å². The Morgan fingerprint density at radius 2 is 2.06 bits per heavy atom. The molecule has 2 fully saturated rings. The Bertz CT molecular complexity index is 406. The Morgan fingerprint density at radius 3 is 2.61 bits per heavy atom. The number of fused-ring (bicyclic) bond motifs is 2. The average molecular weight is 248 g/mol. The summed E-state index contributed by atoms with van der Waals surface area (Å²) >= 11 is 0. The number of nitrogens with zero attached hydrogens (tertiary/aromatic N) is 1. The van der Waals surface area contributed by atoms with Crippen molar-refractivity contribution in [1.82, 2.24) is 10.3 Å². The molecule has 1 aromatic heterocycles. The molecular formula is C14H20N2O2. The zero-order valence-electron chi connectivity index (χ0n) is 10.7. The molecule has 3 heterocycles. The van der Waals surface area contributed by atoms with Crippen molar-refractivity contribution in [3.05, 3.63) is 23.9 Å². The van der Waals surface area contributed by atoms with Crippen molar-refractivity contribution < 1.29 is 9.84 Å². The van der Waals surface area contributed by atoms with E-state index >= 15 is 0 Å². The third-order valence-corrected chi connectivity index (χ3v) is 4.23. The van der Waals surface area contributed by atoms with Gasteiger partial charge in [0.15, 0.2) is 0 Å². The first kappa shape index (κ1) is 11.9. The van der Waals surface area contributed by atoms with Gasteiger partial charge in [-0.2, -0.15) is 0 Å². The number of nitrogens with one attached hydrogen (secondary N) is 1. The molecule has 0 aromatic carbocycles. The molecular weight excluding hydrogens is 228 g/mol. The lowest BCUT2D eigenvalue weighted by molar-refractivity contribution is -0.0361. The number of hydrogen-bond donors (Lipinski definition) is 2. The van der Waals surface area contributed by atoms with Crippen LogP contribution in [0.15, 0.2) is 18.3 Å². The normalized spacial score (nSPS) is 35.2. The van der Waals surface area contributed by atoms with Crippen molar-refractivity contribution in [3.8, 4) is 5.88 Å². The number of aromatic nitrogens is 1. The molecule has 2 aliphatic heterocycles. The lowest BCUT2D eigenvalue weighted by atomic mass is 9.74. The third kappa shape index (κ3) is 2.10. The van der Waals surface area contributed by atoms with E-state index in [9.17, 15) is 5.11 Å². The van der Waals surface area contributed by atoms with Gasteiger partial charge in [-0.05, 0) is 31.7 Å². The summed E-state index contributed by atoms with van der Waals surface area (Å²) in [6, 6.07) is 4.66. The highest BCUT2D eigenvalue weighted by Crippen LogP contribution is 2.39. The second-order valence-electron chi connectivity index (χ2n) is 5.52. The molecule has 0 aliphatic carbocycles. The van der Waals surface area contributed by atoms with Crippen LogP contribution < -0.4 is 10.1 Å². The van der Waals surface area contributed by atoms with Gasteiger partial charge >= 0.3 is 0 Å². The van der Waals surface area contributed by atoms with Crippen molar-refractivity contribution in [1.29, 1.82) is 0 Å². The molecule has 0 amide bonds. The monoisotopic (exact) mass is 248 g/mol. The lowest BCUT2D eigenvalue weighted by Gasteiger charge is -2.45. The summed E-state index contributed by atoms with van der Waals surface area (Å²) in [5, 5.41) is 14.5. The Balaban J connectivity index is 1.84. The average Bonchev–Trinajstić information content (AvgIpc) is 2.38. The van der Waals surface area contributed by atoms with Crippen LogP contribution in [0.1, 0.15) is 37.7 Å². The van der Waals surface area contributed by atoms with Crippen LogP contribution >= 0.6 is 0 Å². The molecule has 0 radical (unpaired) electrons. The predicted molar refractivity (Wildman–Crippen MR) is 68.5 cm³/mol. The van der Waals surface area contributed by atoms with E-state index in [-0.39, 0.29) is 0 Å². The number of ether oxygens (including phenoxy) is 1. The Kier molecular flexibility index (Phi) is 2.99. The number of rotatable bonds is 2. The van der Waals surface area contributed by atoms with Crippen LogP contribution in [-0.2, 0) is 5.60 Å². The van der Waals surface area contributed by atoms with Crippen LogP contribution in [0.4, 0.5) is 0 Å². The van der Waals surface area contributed by atoms with Gasteiger partial charge in [0.05, 0.1) is 12.7 Å². The van der Waals surface area contributed by atoms with Crippen molar-refractivity contribution >= 4 is 0 Å². The van der Waals surface area contributed by atoms with Gasteiger partial charge < -0.3 is 15.2 Å². The largest absolute Gasteiger partial charge is 0.481 e. The molecule has 4 nitrogen and oxygen atoms in total. The standard InChI is InChI=1S/C14H20N2O2/c1-18-13-6-5-10(9-15-13)14(17)7-11-3-2-4-12(8-14)16-11/h5-6,9,11-12,16-17H,2-4,7-8H2,1H3. The number of methoxy groups -OCH3 is 1. The third-order valence-electron chi connectivity index (χ3n) is 4.23. The minimum absolute atomic E-state index is 0.449. The van der Waals surface area contributed by atoms with E-state index in [0.29, 0.717) is 18.0 Å². The molecule has 2 atom stereocenters. The summed E-state index contributed by atoms with van der Waals surface area (Å²) < 4.78 is 5.06. The fourth-order valence-corrected chi connectivity index (χ4v) is 3.34. The number of aliphatic hydroxyl groups is 1. The van der Waals surface area contributed by atoms with E-state index in [0.717, 1.165) is 18.4 Å². The molecule has 2 unspecified atom stereocenters. The van der Waals surface area contributed by atoms with E-state index in [2.05, 4.69) is 10.3 Å². The zero-order chi connectivity index (χ0) is 12.6. The first-order valence-electron chi connectivity index (χ1n) is 6.68. The maximum Gasteiger partial charge on any atom is 0.212 e. The van der Waals surface area contributed by atoms with Crippen molar-refractivity contribution in [3.63, 3.8) is 0 Å². The SMILES string of the molecule is COc1ccc(C2(O)CC3CCCC(C2)N3)cn1. The molecule has 4 heteroatoms. The number of hydrogen-bond acceptors (Lipinski definition) is 4. The van der Waals surface area contributed by atoms with Crippen LogP contribution in [0.2, 0.25) is 0 Å². The summed E-state index contributed by atoms with van der Waals surface area (Å²) in [6.45, 7) is 0. The van der Waals surface area contributed by atoms with Crippen molar-refractivity contribution in [2.24, 2.45) is 0 Å². The second-order valence-corrected chi connectivity index (χ2v) is 5.52. The van der Waals surface area contributed by atoms with E-state index in [1.165, 1.54) is 19.3 Å². The second kappa shape index (κ2) is 4.52. The smallest absolute Gasteiger partial charge is 0.212 e. The summed E-state index contributed by atoms with van der Waals surface area (Å²) in [7, 11) is 1.60. The fourth-order valence-electron chi connectivity index (χ4n) is 3.34. The Hall–Kier alpha value is -1.13. The van der Waals surface area contributed by atoms with Crippen LogP contribution in [0.3, 0.4) is 0 Å². The molecule has 3 rings (SSSR count). The molecule has 2 aliphatic rings. The first-order valence-corrected chi connectivity index (χ1v) is 6.68. The number of pyridine rings is 1. The molecule has 18 heavy (non-hydrogen) atoms. The molecule has 2 N–H and O–H groups in total. The van der Waals surface area contributed by atoms with Crippen molar-refractivity contribution in [2.45, 2.75) is 49.8 Å².